The van der Waals surface area contributed by atoms with E-state index in [1.54, 1.807) is 0 Å². The van der Waals surface area contributed by atoms with E-state index in [0.29, 0.717) is 0 Å². The second kappa shape index (κ2) is 8.36. The number of hydrogen-bond acceptors (Lipinski definition) is 4. The number of terminal acetylenes is 1. The van der Waals surface area contributed by atoms with Gasteiger partial charge in [-0.15, -0.1) is 12.8 Å². The number of aromatic hydroxyl groups is 4. The zero-order valence-corrected chi connectivity index (χ0v) is 9.56. The SMILES string of the molecule is C#C.Oc1ccc(O)cc1.Oc1ccc(O)cc1. The lowest BCUT2D eigenvalue weighted by atomic mass is 10.3. The summed E-state index contributed by atoms with van der Waals surface area (Å²) in [6, 6.07) is 11.4. The maximum atomic E-state index is 8.65. The molecule has 0 saturated heterocycles. The molecule has 2 rings (SSSR count). The highest BCUT2D eigenvalue weighted by Crippen LogP contribution is 2.13. The van der Waals surface area contributed by atoms with Crippen molar-refractivity contribution in [2.45, 2.75) is 0 Å². The van der Waals surface area contributed by atoms with Gasteiger partial charge >= 0.3 is 0 Å². The van der Waals surface area contributed by atoms with Gasteiger partial charge in [0.1, 0.15) is 23.0 Å². The summed E-state index contributed by atoms with van der Waals surface area (Å²) in [5, 5.41) is 34.6. The first-order valence-electron chi connectivity index (χ1n) is 4.87. The fourth-order valence-electron chi connectivity index (χ4n) is 0.905. The Kier molecular flexibility index (Phi) is 7.06. The summed E-state index contributed by atoms with van der Waals surface area (Å²) in [6.45, 7) is 0. The Balaban J connectivity index is 0.000000283. The van der Waals surface area contributed by atoms with Crippen LogP contribution in [0.2, 0.25) is 0 Å². The fraction of sp³-hybridized carbons (Fsp3) is 0. The Morgan fingerprint density at radius 3 is 0.667 bits per heavy atom. The quantitative estimate of drug-likeness (QED) is 0.425. The molecule has 4 N–H and O–H groups in total. The van der Waals surface area contributed by atoms with E-state index in [-0.39, 0.29) is 23.0 Å². The maximum absolute atomic E-state index is 8.65. The van der Waals surface area contributed by atoms with Crippen molar-refractivity contribution in [3.8, 4) is 35.8 Å². The van der Waals surface area contributed by atoms with Gasteiger partial charge in [-0.2, -0.15) is 0 Å². The molecular weight excluding hydrogens is 232 g/mol. The van der Waals surface area contributed by atoms with Crippen molar-refractivity contribution >= 4 is 0 Å². The van der Waals surface area contributed by atoms with Crippen molar-refractivity contribution in [3.05, 3.63) is 48.5 Å². The molecule has 0 atom stereocenters. The lowest BCUT2D eigenvalue weighted by molar-refractivity contribution is 0.460. The maximum Gasteiger partial charge on any atom is 0.115 e. The van der Waals surface area contributed by atoms with Crippen LogP contribution in [0, 0.1) is 12.8 Å². The molecule has 0 aliphatic heterocycles. The fourth-order valence-corrected chi connectivity index (χ4v) is 0.905. The van der Waals surface area contributed by atoms with Crippen LogP contribution in [-0.4, -0.2) is 20.4 Å². The minimum absolute atomic E-state index is 0.169. The Hall–Kier alpha value is -2.80. The van der Waals surface area contributed by atoms with Crippen LogP contribution in [0.15, 0.2) is 48.5 Å². The predicted molar refractivity (Wildman–Crippen MR) is 69.4 cm³/mol. The number of benzene rings is 2. The van der Waals surface area contributed by atoms with Gasteiger partial charge in [-0.25, -0.2) is 0 Å². The highest BCUT2D eigenvalue weighted by Gasteiger charge is 1.84. The van der Waals surface area contributed by atoms with Crippen molar-refractivity contribution in [1.29, 1.82) is 0 Å². The largest absolute Gasteiger partial charge is 0.508 e. The van der Waals surface area contributed by atoms with Gasteiger partial charge in [-0.05, 0) is 48.5 Å². The summed E-state index contributed by atoms with van der Waals surface area (Å²) in [5.74, 6) is 0.677. The van der Waals surface area contributed by atoms with E-state index < -0.39 is 0 Å². The first kappa shape index (κ1) is 15.2. The van der Waals surface area contributed by atoms with Crippen LogP contribution < -0.4 is 0 Å². The smallest absolute Gasteiger partial charge is 0.115 e. The average molecular weight is 246 g/mol. The van der Waals surface area contributed by atoms with Crippen molar-refractivity contribution in [2.75, 3.05) is 0 Å². The van der Waals surface area contributed by atoms with E-state index in [9.17, 15) is 0 Å². The molecule has 0 aliphatic carbocycles. The Morgan fingerprint density at radius 1 is 0.444 bits per heavy atom. The molecule has 0 fully saturated rings. The van der Waals surface area contributed by atoms with Crippen LogP contribution in [0.3, 0.4) is 0 Å². The summed E-state index contributed by atoms with van der Waals surface area (Å²) in [7, 11) is 0. The Labute approximate surface area is 105 Å². The van der Waals surface area contributed by atoms with Gasteiger partial charge in [0, 0.05) is 0 Å². The predicted octanol–water partition coefficient (Wildman–Crippen LogP) is 2.45. The normalized spacial score (nSPS) is 8.11. The number of phenolic OH excluding ortho intramolecular Hbond substituents is 4. The summed E-state index contributed by atoms with van der Waals surface area (Å²) in [5.41, 5.74) is 0. The molecule has 0 aliphatic rings. The minimum atomic E-state index is 0.169. The second-order valence-electron chi connectivity index (χ2n) is 3.03. The van der Waals surface area contributed by atoms with Crippen molar-refractivity contribution in [1.82, 2.24) is 0 Å². The van der Waals surface area contributed by atoms with Crippen LogP contribution in [0.1, 0.15) is 0 Å². The lowest BCUT2D eigenvalue weighted by Gasteiger charge is -1.88. The molecule has 0 spiro atoms. The molecule has 4 heteroatoms. The van der Waals surface area contributed by atoms with Gasteiger partial charge in [-0.3, -0.25) is 0 Å². The topological polar surface area (TPSA) is 80.9 Å². The van der Waals surface area contributed by atoms with Gasteiger partial charge in [0.05, 0.1) is 0 Å². The Morgan fingerprint density at radius 2 is 0.556 bits per heavy atom. The monoisotopic (exact) mass is 246 g/mol. The Bertz CT molecular complexity index is 372. The van der Waals surface area contributed by atoms with Crippen LogP contribution in [0.25, 0.3) is 0 Å². The molecule has 18 heavy (non-hydrogen) atoms. The van der Waals surface area contributed by atoms with Gasteiger partial charge in [0.2, 0.25) is 0 Å². The second-order valence-corrected chi connectivity index (χ2v) is 3.03. The average Bonchev–Trinajstić information content (AvgIpc) is 2.40. The lowest BCUT2D eigenvalue weighted by Crippen LogP contribution is -1.61. The molecular formula is C14H14O4. The summed E-state index contributed by atoms with van der Waals surface area (Å²) in [4.78, 5) is 0. The third-order valence-electron chi connectivity index (χ3n) is 1.70. The highest BCUT2D eigenvalue weighted by molar-refractivity contribution is 5.29. The van der Waals surface area contributed by atoms with E-state index in [0.717, 1.165) is 0 Å². The van der Waals surface area contributed by atoms with E-state index in [1.807, 2.05) is 0 Å². The number of rotatable bonds is 0. The first-order valence-corrected chi connectivity index (χ1v) is 4.87. The molecule has 0 unspecified atom stereocenters. The van der Waals surface area contributed by atoms with Crippen LogP contribution in [0.5, 0.6) is 23.0 Å². The first-order chi connectivity index (χ1) is 8.58. The molecule has 2 aromatic rings. The van der Waals surface area contributed by atoms with Crippen molar-refractivity contribution < 1.29 is 20.4 Å². The molecule has 0 radical (unpaired) electrons. The molecule has 0 amide bonds. The molecule has 0 saturated carbocycles. The number of phenols is 4. The molecule has 94 valence electrons. The molecule has 2 aromatic carbocycles. The van der Waals surface area contributed by atoms with Gasteiger partial charge in [0.25, 0.3) is 0 Å². The third kappa shape index (κ3) is 6.64. The van der Waals surface area contributed by atoms with Gasteiger partial charge in [-0.1, -0.05) is 0 Å². The van der Waals surface area contributed by atoms with E-state index in [2.05, 4.69) is 12.8 Å². The highest BCUT2D eigenvalue weighted by atomic mass is 16.3. The van der Waals surface area contributed by atoms with Crippen molar-refractivity contribution in [3.63, 3.8) is 0 Å². The van der Waals surface area contributed by atoms with Crippen LogP contribution in [0.4, 0.5) is 0 Å². The standard InChI is InChI=1S/2C6H6O2.C2H2/c2*7-5-1-2-6(8)4-3-5;1-2/h2*1-4,7-8H;1-2H. The summed E-state index contributed by atoms with van der Waals surface area (Å²) >= 11 is 0. The van der Waals surface area contributed by atoms with E-state index in [4.69, 9.17) is 20.4 Å². The van der Waals surface area contributed by atoms with Crippen LogP contribution in [-0.2, 0) is 0 Å². The number of hydrogen-bond donors (Lipinski definition) is 4. The van der Waals surface area contributed by atoms with Gasteiger partial charge < -0.3 is 20.4 Å². The molecule has 0 bridgehead atoms. The zero-order chi connectivity index (χ0) is 14.0. The van der Waals surface area contributed by atoms with Gasteiger partial charge in [0.15, 0.2) is 0 Å². The minimum Gasteiger partial charge on any atom is -0.508 e. The molecule has 4 nitrogen and oxygen atoms in total. The molecule has 0 heterocycles. The summed E-state index contributed by atoms with van der Waals surface area (Å²) in [6.07, 6.45) is 8.00. The van der Waals surface area contributed by atoms with Crippen molar-refractivity contribution in [2.24, 2.45) is 0 Å². The molecule has 0 aromatic heterocycles. The van der Waals surface area contributed by atoms with E-state index in [1.165, 1.54) is 48.5 Å². The summed E-state index contributed by atoms with van der Waals surface area (Å²) < 4.78 is 0. The van der Waals surface area contributed by atoms with E-state index >= 15 is 0 Å². The third-order valence-corrected chi connectivity index (χ3v) is 1.70. The zero-order valence-electron chi connectivity index (χ0n) is 9.56. The van der Waals surface area contributed by atoms with Crippen LogP contribution >= 0.6 is 0 Å².